The highest BCUT2D eigenvalue weighted by molar-refractivity contribution is 8.00. The monoisotopic (exact) mass is 422 g/mol. The number of hydrogen-bond acceptors (Lipinski definition) is 6. The largest absolute Gasteiger partial charge is 0.465 e. The number of ketones is 1. The highest BCUT2D eigenvalue weighted by Gasteiger charge is 2.21. The molecule has 0 spiro atoms. The topological polar surface area (TPSA) is 61.8 Å². The summed E-state index contributed by atoms with van der Waals surface area (Å²) in [4.78, 5) is 25.2. The first kappa shape index (κ1) is 23.9. The number of thioether (sulfide) groups is 1. The van der Waals surface area contributed by atoms with Gasteiger partial charge in [0, 0.05) is 11.5 Å². The van der Waals surface area contributed by atoms with Crippen LogP contribution in [0.4, 0.5) is 0 Å². The van der Waals surface area contributed by atoms with Crippen molar-refractivity contribution >= 4 is 23.5 Å². The Bertz CT molecular complexity index is 610. The normalized spacial score (nSPS) is 17.7. The van der Waals surface area contributed by atoms with Gasteiger partial charge in [0.2, 0.25) is 0 Å². The van der Waals surface area contributed by atoms with E-state index >= 15 is 0 Å². The first-order valence-electron chi connectivity index (χ1n) is 10.8. The zero-order chi connectivity index (χ0) is 20.9. The van der Waals surface area contributed by atoms with Crippen molar-refractivity contribution in [2.75, 3.05) is 19.8 Å². The lowest BCUT2D eigenvalue weighted by atomic mass is 10.1. The van der Waals surface area contributed by atoms with Crippen LogP contribution in [0.3, 0.4) is 0 Å². The van der Waals surface area contributed by atoms with Crippen LogP contribution in [0.2, 0.25) is 0 Å². The molecule has 0 bridgehead atoms. The van der Waals surface area contributed by atoms with E-state index in [1.807, 2.05) is 26.0 Å². The number of esters is 1. The zero-order valence-corrected chi connectivity index (χ0v) is 18.5. The summed E-state index contributed by atoms with van der Waals surface area (Å²) < 4.78 is 16.5. The van der Waals surface area contributed by atoms with Crippen LogP contribution < -0.4 is 0 Å². The predicted octanol–water partition coefficient (Wildman–Crippen LogP) is 4.95. The Balaban J connectivity index is 1.74. The molecule has 2 atom stereocenters. The molecule has 1 aliphatic rings. The van der Waals surface area contributed by atoms with Crippen molar-refractivity contribution in [3.8, 4) is 0 Å². The van der Waals surface area contributed by atoms with E-state index in [1.54, 1.807) is 0 Å². The number of rotatable bonds is 13. The average molecular weight is 423 g/mol. The van der Waals surface area contributed by atoms with Gasteiger partial charge in [-0.1, -0.05) is 32.4 Å². The van der Waals surface area contributed by atoms with Crippen molar-refractivity contribution in [1.82, 2.24) is 0 Å². The summed E-state index contributed by atoms with van der Waals surface area (Å²) in [5.74, 6) is -0.483. The molecule has 6 heteroatoms. The number of carbonyl (C=O) groups excluding carboxylic acids is 2. The molecule has 1 saturated heterocycles. The maximum absolute atomic E-state index is 12.4. The molecule has 29 heavy (non-hydrogen) atoms. The lowest BCUT2D eigenvalue weighted by Gasteiger charge is -2.22. The molecule has 1 aliphatic heterocycles. The van der Waals surface area contributed by atoms with Crippen LogP contribution in [0.25, 0.3) is 0 Å². The summed E-state index contributed by atoms with van der Waals surface area (Å²) in [5.41, 5.74) is 1.20. The molecule has 2 unspecified atom stereocenters. The van der Waals surface area contributed by atoms with Gasteiger partial charge in [-0.25, -0.2) is 0 Å². The van der Waals surface area contributed by atoms with Crippen LogP contribution in [0.1, 0.15) is 64.4 Å². The van der Waals surface area contributed by atoms with Crippen LogP contribution in [0.15, 0.2) is 29.2 Å². The molecule has 1 fully saturated rings. The van der Waals surface area contributed by atoms with E-state index in [-0.39, 0.29) is 23.7 Å². The third kappa shape index (κ3) is 9.32. The molecule has 0 N–H and O–H groups in total. The van der Waals surface area contributed by atoms with E-state index in [2.05, 4.69) is 12.1 Å². The fourth-order valence-corrected chi connectivity index (χ4v) is 4.07. The predicted molar refractivity (Wildman–Crippen MR) is 115 cm³/mol. The van der Waals surface area contributed by atoms with Crippen LogP contribution >= 0.6 is 11.8 Å². The van der Waals surface area contributed by atoms with Crippen molar-refractivity contribution in [3.63, 3.8) is 0 Å². The van der Waals surface area contributed by atoms with E-state index < -0.39 is 5.97 Å². The van der Waals surface area contributed by atoms with Gasteiger partial charge in [-0.05, 0) is 56.2 Å². The van der Waals surface area contributed by atoms with Gasteiger partial charge in [0.25, 0.3) is 0 Å². The van der Waals surface area contributed by atoms with Crippen LogP contribution in [0, 0.1) is 0 Å². The quantitative estimate of drug-likeness (QED) is 0.194. The molecule has 0 aromatic heterocycles. The van der Waals surface area contributed by atoms with Crippen molar-refractivity contribution in [3.05, 3.63) is 29.8 Å². The molecular formula is C23H34O5S. The summed E-state index contributed by atoms with van der Waals surface area (Å²) >= 11 is 1.51. The Morgan fingerprint density at radius 3 is 2.62 bits per heavy atom. The molecule has 1 aromatic carbocycles. The maximum atomic E-state index is 12.4. The van der Waals surface area contributed by atoms with Gasteiger partial charge in [0.1, 0.15) is 6.42 Å². The standard InChI is InChI=1S/C23H34O5S/c1-3-5-14-26-22(25)17-20(24)21(4-2)29-19-11-9-18(10-12-19)13-16-28-23-8-6-7-15-27-23/h9-12,21,23H,3-8,13-17H2,1-2H3. The van der Waals surface area contributed by atoms with E-state index in [0.717, 1.165) is 43.6 Å². The second kappa shape index (κ2) is 13.8. The lowest BCUT2D eigenvalue weighted by molar-refractivity contribution is -0.161. The molecule has 5 nitrogen and oxygen atoms in total. The molecule has 162 valence electrons. The van der Waals surface area contributed by atoms with Crippen molar-refractivity contribution < 1.29 is 23.8 Å². The minimum atomic E-state index is -0.417. The third-order valence-corrected chi connectivity index (χ3v) is 6.27. The Morgan fingerprint density at radius 2 is 1.97 bits per heavy atom. The third-order valence-electron chi connectivity index (χ3n) is 4.84. The summed E-state index contributed by atoms with van der Waals surface area (Å²) in [6.45, 7) is 5.84. The van der Waals surface area contributed by atoms with Crippen LogP contribution in [-0.2, 0) is 30.2 Å². The maximum Gasteiger partial charge on any atom is 0.313 e. The number of Topliss-reactive ketones (excluding diaryl/α,β-unsaturated/α-hetero) is 1. The van der Waals surface area contributed by atoms with E-state index in [9.17, 15) is 9.59 Å². The van der Waals surface area contributed by atoms with E-state index in [4.69, 9.17) is 14.2 Å². The highest BCUT2D eigenvalue weighted by Crippen LogP contribution is 2.27. The second-order valence-electron chi connectivity index (χ2n) is 7.29. The number of ether oxygens (including phenoxy) is 3. The molecule has 2 rings (SSSR count). The summed E-state index contributed by atoms with van der Waals surface area (Å²) in [6.07, 6.45) is 6.39. The zero-order valence-electron chi connectivity index (χ0n) is 17.7. The minimum Gasteiger partial charge on any atom is -0.465 e. The van der Waals surface area contributed by atoms with Gasteiger partial charge in [0.15, 0.2) is 12.1 Å². The average Bonchev–Trinajstić information content (AvgIpc) is 2.74. The molecule has 1 aromatic rings. The van der Waals surface area contributed by atoms with Crippen LogP contribution in [0.5, 0.6) is 0 Å². The summed E-state index contributed by atoms with van der Waals surface area (Å²) in [6, 6.07) is 8.21. The summed E-state index contributed by atoms with van der Waals surface area (Å²) in [5, 5.41) is -0.230. The number of benzene rings is 1. The Labute approximate surface area is 178 Å². The van der Waals surface area contributed by atoms with E-state index in [0.29, 0.717) is 19.6 Å². The highest BCUT2D eigenvalue weighted by atomic mass is 32.2. The SMILES string of the molecule is CCCCOC(=O)CC(=O)C(CC)Sc1ccc(CCOC2CCCCO2)cc1. The fraction of sp³-hybridized carbons (Fsp3) is 0.652. The van der Waals surface area contributed by atoms with Gasteiger partial charge in [-0.3, -0.25) is 9.59 Å². The number of unbranched alkanes of at least 4 members (excludes halogenated alkanes) is 1. The molecular weight excluding hydrogens is 388 g/mol. The fourth-order valence-electron chi connectivity index (χ4n) is 3.06. The molecule has 0 amide bonds. The van der Waals surface area contributed by atoms with Gasteiger partial charge in [-0.2, -0.15) is 0 Å². The second-order valence-corrected chi connectivity index (χ2v) is 8.57. The van der Waals surface area contributed by atoms with Crippen molar-refractivity contribution in [2.45, 2.75) is 81.6 Å². The first-order valence-corrected chi connectivity index (χ1v) is 11.7. The molecule has 0 radical (unpaired) electrons. The Morgan fingerprint density at radius 1 is 1.17 bits per heavy atom. The van der Waals surface area contributed by atoms with Gasteiger partial charge >= 0.3 is 5.97 Å². The van der Waals surface area contributed by atoms with Gasteiger partial charge in [0.05, 0.1) is 18.5 Å². The first-order chi connectivity index (χ1) is 14.1. The minimum absolute atomic E-state index is 0.0523. The van der Waals surface area contributed by atoms with Gasteiger partial charge < -0.3 is 14.2 Å². The number of hydrogen-bond donors (Lipinski definition) is 0. The molecule has 0 saturated carbocycles. The van der Waals surface area contributed by atoms with Crippen LogP contribution in [-0.4, -0.2) is 43.1 Å². The smallest absolute Gasteiger partial charge is 0.313 e. The Hall–Kier alpha value is -1.37. The van der Waals surface area contributed by atoms with E-state index in [1.165, 1.54) is 23.7 Å². The lowest BCUT2D eigenvalue weighted by Crippen LogP contribution is -2.23. The Kier molecular flexibility index (Phi) is 11.4. The van der Waals surface area contributed by atoms with Crippen molar-refractivity contribution in [1.29, 1.82) is 0 Å². The summed E-state index contributed by atoms with van der Waals surface area (Å²) in [7, 11) is 0. The molecule has 0 aliphatic carbocycles. The van der Waals surface area contributed by atoms with Crippen molar-refractivity contribution in [2.24, 2.45) is 0 Å². The number of carbonyl (C=O) groups is 2. The molecule has 1 heterocycles. The van der Waals surface area contributed by atoms with Gasteiger partial charge in [-0.15, -0.1) is 11.8 Å².